The molecule has 40 heavy (non-hydrogen) atoms. The van der Waals surface area contributed by atoms with E-state index in [0.29, 0.717) is 17.7 Å². The molecule has 1 fully saturated rings. The third-order valence-electron chi connectivity index (χ3n) is 7.22. The summed E-state index contributed by atoms with van der Waals surface area (Å²) in [6.07, 6.45) is 8.27. The van der Waals surface area contributed by atoms with Gasteiger partial charge in [-0.05, 0) is 78.8 Å². The van der Waals surface area contributed by atoms with E-state index >= 15 is 0 Å². The van der Waals surface area contributed by atoms with Crippen LogP contribution < -0.4 is 16.4 Å². The van der Waals surface area contributed by atoms with Crippen LogP contribution in [0, 0.1) is 5.92 Å². The molecular weight excluding hydrogens is 502 g/mol. The van der Waals surface area contributed by atoms with Gasteiger partial charge in [0.05, 0.1) is 11.0 Å². The number of nitrogens with one attached hydrogen (secondary N) is 2. The van der Waals surface area contributed by atoms with Gasteiger partial charge in [0.2, 0.25) is 5.95 Å². The lowest BCUT2D eigenvalue weighted by atomic mass is 9.95. The number of likely N-dealkylation sites (tertiary alicyclic amines) is 1. The number of nitrogen functional groups attached to an aromatic ring is 1. The van der Waals surface area contributed by atoms with Crippen molar-refractivity contribution in [2.24, 2.45) is 5.92 Å². The predicted molar refractivity (Wildman–Crippen MR) is 157 cm³/mol. The molecule has 3 aromatic heterocycles. The number of para-hydroxylation sites is 1. The summed E-state index contributed by atoms with van der Waals surface area (Å²) in [6, 6.07) is 21.3. The second-order valence-electron chi connectivity index (χ2n) is 9.99. The molecule has 0 saturated carbocycles. The Kier molecular flexibility index (Phi) is 7.21. The van der Waals surface area contributed by atoms with Crippen LogP contribution in [-0.2, 0) is 0 Å². The van der Waals surface area contributed by atoms with Gasteiger partial charge >= 0.3 is 6.03 Å². The van der Waals surface area contributed by atoms with Gasteiger partial charge in [-0.1, -0.05) is 24.3 Å². The first-order valence-electron chi connectivity index (χ1n) is 13.5. The number of hydrogen-bond donors (Lipinski definition) is 3. The Bertz CT molecular complexity index is 1620. The molecule has 0 aliphatic carbocycles. The van der Waals surface area contributed by atoms with Crippen LogP contribution in [0.2, 0.25) is 0 Å². The summed E-state index contributed by atoms with van der Waals surface area (Å²) in [7, 11) is 0. The molecule has 2 aromatic carbocycles. The predicted octanol–water partition coefficient (Wildman–Crippen LogP) is 5.21. The van der Waals surface area contributed by atoms with Gasteiger partial charge in [0, 0.05) is 37.7 Å². The molecule has 4 heterocycles. The van der Waals surface area contributed by atoms with Crippen molar-refractivity contribution in [2.75, 3.05) is 36.0 Å². The van der Waals surface area contributed by atoms with Gasteiger partial charge in [0.15, 0.2) is 0 Å². The second-order valence-corrected chi connectivity index (χ2v) is 9.99. The number of hydrogen-bond acceptors (Lipinski definition) is 7. The quantitative estimate of drug-likeness (QED) is 0.262. The van der Waals surface area contributed by atoms with Gasteiger partial charge in [0.1, 0.15) is 18.0 Å². The molecule has 1 aliphatic rings. The smallest absolute Gasteiger partial charge is 0.321 e. The number of nitrogens with two attached hydrogens (primary N) is 1. The van der Waals surface area contributed by atoms with Crippen molar-refractivity contribution in [3.63, 3.8) is 0 Å². The van der Waals surface area contributed by atoms with Crippen molar-refractivity contribution in [1.29, 1.82) is 0 Å². The zero-order valence-corrected chi connectivity index (χ0v) is 22.1. The zero-order valence-electron chi connectivity index (χ0n) is 22.1. The van der Waals surface area contributed by atoms with Gasteiger partial charge in [0.25, 0.3) is 0 Å². The number of benzene rings is 2. The molecule has 0 bridgehead atoms. The van der Waals surface area contributed by atoms with Gasteiger partial charge in [-0.2, -0.15) is 4.98 Å². The fourth-order valence-corrected chi connectivity index (χ4v) is 5.17. The van der Waals surface area contributed by atoms with E-state index in [1.54, 1.807) is 18.7 Å². The maximum absolute atomic E-state index is 12.7. The Balaban J connectivity index is 1.07. The number of amides is 2. The number of carbonyl (C=O) groups is 1. The number of rotatable bonds is 7. The van der Waals surface area contributed by atoms with E-state index in [9.17, 15) is 4.79 Å². The highest BCUT2D eigenvalue weighted by molar-refractivity contribution is 5.89. The van der Waals surface area contributed by atoms with Crippen molar-refractivity contribution < 1.29 is 4.79 Å². The third kappa shape index (κ3) is 5.70. The van der Waals surface area contributed by atoms with Gasteiger partial charge in [-0.25, -0.2) is 19.7 Å². The average Bonchev–Trinajstić information content (AvgIpc) is 3.42. The highest BCUT2D eigenvalue weighted by Crippen LogP contribution is 2.26. The minimum Gasteiger partial charge on any atom is -0.384 e. The molecule has 1 aliphatic heterocycles. The molecule has 2 amide bonds. The second kappa shape index (κ2) is 11.4. The lowest BCUT2D eigenvalue weighted by molar-refractivity contribution is 0.175. The van der Waals surface area contributed by atoms with Crippen LogP contribution in [0.1, 0.15) is 19.3 Å². The summed E-state index contributed by atoms with van der Waals surface area (Å²) in [5.74, 6) is 2.21. The van der Waals surface area contributed by atoms with Crippen LogP contribution in [0.25, 0.3) is 28.0 Å². The first kappa shape index (κ1) is 25.3. The molecule has 202 valence electrons. The van der Waals surface area contributed by atoms with E-state index in [1.807, 2.05) is 76.2 Å². The number of pyridine rings is 1. The number of aromatic nitrogens is 5. The topological polar surface area (TPSA) is 127 Å². The molecule has 6 rings (SSSR count). The Morgan fingerprint density at radius 1 is 0.975 bits per heavy atom. The Morgan fingerprint density at radius 2 is 1.82 bits per heavy atom. The first-order valence-corrected chi connectivity index (χ1v) is 13.5. The van der Waals surface area contributed by atoms with Crippen molar-refractivity contribution in [3.8, 4) is 16.9 Å². The molecule has 10 heteroatoms. The number of imidazole rings is 1. The molecule has 5 aromatic rings. The SMILES string of the molecule is Nc1cc(-c2ccc3c(c2)ncn3-c2ccnc(NCCC3CCCN(C(=O)Nc4ccccc4)C3)n2)ccn1. The number of anilines is 3. The molecule has 1 saturated heterocycles. The highest BCUT2D eigenvalue weighted by Gasteiger charge is 2.23. The Hall–Kier alpha value is -4.99. The summed E-state index contributed by atoms with van der Waals surface area (Å²) < 4.78 is 1.96. The van der Waals surface area contributed by atoms with Gasteiger partial charge < -0.3 is 21.3 Å². The number of nitrogens with zero attached hydrogens (tertiary/aromatic N) is 6. The van der Waals surface area contributed by atoms with Crippen LogP contribution in [-0.4, -0.2) is 55.1 Å². The Labute approximate surface area is 232 Å². The molecule has 1 unspecified atom stereocenters. The van der Waals surface area contributed by atoms with E-state index in [1.165, 1.54) is 0 Å². The number of fused-ring (bicyclic) bond motifs is 1. The normalized spacial score (nSPS) is 15.2. The largest absolute Gasteiger partial charge is 0.384 e. The fraction of sp³-hybridized carbons (Fsp3) is 0.233. The standard InChI is InChI=1S/C30H31N9O/c31-27-18-23(11-14-32-27)22-8-9-26-25(17-22)35-20-39(26)28-12-15-34-29(37-28)33-13-10-21-5-4-16-38(19-21)30(40)36-24-6-2-1-3-7-24/h1-3,6-9,11-12,14-15,17-18,20-21H,4-5,10,13,16,19H2,(H2,31,32)(H,36,40)(H,33,34,37). The van der Waals surface area contributed by atoms with Crippen LogP contribution in [0.5, 0.6) is 0 Å². The molecule has 0 radical (unpaired) electrons. The maximum Gasteiger partial charge on any atom is 0.321 e. The van der Waals surface area contributed by atoms with Crippen LogP contribution >= 0.6 is 0 Å². The highest BCUT2D eigenvalue weighted by atomic mass is 16.2. The van der Waals surface area contributed by atoms with E-state index in [-0.39, 0.29) is 6.03 Å². The number of urea groups is 1. The zero-order chi connectivity index (χ0) is 27.3. The minimum absolute atomic E-state index is 0.0375. The number of carbonyl (C=O) groups excluding carboxylic acids is 1. The first-order chi connectivity index (χ1) is 19.6. The minimum atomic E-state index is -0.0375. The molecule has 1 atom stereocenters. The van der Waals surface area contributed by atoms with Crippen molar-refractivity contribution in [1.82, 2.24) is 29.4 Å². The summed E-state index contributed by atoms with van der Waals surface area (Å²) in [5, 5.41) is 6.37. The van der Waals surface area contributed by atoms with Crippen LogP contribution in [0.15, 0.2) is 85.5 Å². The lowest BCUT2D eigenvalue weighted by Crippen LogP contribution is -2.42. The van der Waals surface area contributed by atoms with Crippen molar-refractivity contribution in [2.45, 2.75) is 19.3 Å². The third-order valence-corrected chi connectivity index (χ3v) is 7.22. The van der Waals surface area contributed by atoms with Crippen molar-refractivity contribution >= 4 is 34.5 Å². The van der Waals surface area contributed by atoms with E-state index in [0.717, 1.165) is 72.6 Å². The average molecular weight is 534 g/mol. The van der Waals surface area contributed by atoms with Crippen LogP contribution in [0.3, 0.4) is 0 Å². The van der Waals surface area contributed by atoms with E-state index in [4.69, 9.17) is 10.7 Å². The molecular formula is C30H31N9O. The summed E-state index contributed by atoms with van der Waals surface area (Å²) in [6.45, 7) is 2.26. The summed E-state index contributed by atoms with van der Waals surface area (Å²) in [5.41, 5.74) is 10.5. The fourth-order valence-electron chi connectivity index (χ4n) is 5.17. The molecule has 4 N–H and O–H groups in total. The number of piperidine rings is 1. The summed E-state index contributed by atoms with van der Waals surface area (Å²) in [4.78, 5) is 32.5. The van der Waals surface area contributed by atoms with Crippen LogP contribution in [0.4, 0.5) is 22.2 Å². The monoisotopic (exact) mass is 533 g/mol. The molecule has 0 spiro atoms. The molecule has 10 nitrogen and oxygen atoms in total. The van der Waals surface area contributed by atoms with E-state index < -0.39 is 0 Å². The Morgan fingerprint density at radius 3 is 2.70 bits per heavy atom. The summed E-state index contributed by atoms with van der Waals surface area (Å²) >= 11 is 0. The van der Waals surface area contributed by atoms with Gasteiger partial charge in [-0.15, -0.1) is 0 Å². The van der Waals surface area contributed by atoms with Crippen molar-refractivity contribution in [3.05, 3.63) is 85.5 Å². The lowest BCUT2D eigenvalue weighted by Gasteiger charge is -2.32. The van der Waals surface area contributed by atoms with Gasteiger partial charge in [-0.3, -0.25) is 4.57 Å². The maximum atomic E-state index is 12.7. The van der Waals surface area contributed by atoms with E-state index in [2.05, 4.69) is 25.6 Å².